The van der Waals surface area contributed by atoms with Crippen molar-refractivity contribution in [3.63, 3.8) is 0 Å². The van der Waals surface area contributed by atoms with E-state index in [2.05, 4.69) is 194 Å². The summed E-state index contributed by atoms with van der Waals surface area (Å²) in [5.74, 6) is 0.0363. The van der Waals surface area contributed by atoms with Gasteiger partial charge in [0.25, 0.3) is 33.4 Å². The van der Waals surface area contributed by atoms with Crippen molar-refractivity contribution in [2.75, 3.05) is 0 Å². The minimum absolute atomic E-state index is 0.0134. The standard InChI is InChI=1S/C20H15N3O3.C19H16N2O3.2C17H15N3O.2C16H14N4O/c1-11-6-7-13(8-12(11)2)9-14(10-21)18-22-17-15(19(24)23-18)4-3-5-16(17)20(25)26;1-11-6-7-13(10-12(11)2)8-9-16-20-17-14(18(22)21-16)4-3-5-15(17)19(23)24;1-11-3-4-13(9-12(11)2)5-6-16-19-15-10-18-8-7-14(15)17(21)20-16;1-11-5-6-13(10-12(11)2)7-8-15-19-16-14(17(21)20-15)4-3-9-18-16;1-10-3-4-12(7-11(10)2)5-6-14-19-15-13(16(21)20-14)8-17-9-18-15;1-10-3-4-12(9-11(10)2)5-6-14-18-15-13(16(21)19-14)7-8-17-20-15/h3-9H,1-2H3,(H,25,26)(H,22,23,24);3-10H,1-2H3,(H,23,24)(H,20,21,22);3-10H,1-2H3,(H,19,20,21);3-10H,1-2H3,(H,18,19,20,21);3-9H,1-2H3,(H,17,18,19,20,21);3-9H,1-2H3,(H,18,19,20,21)/b14-9+;9-8+;6-5+;8-7+;2*6-5+. The average molecular weight is 1780 g/mol. The Balaban J connectivity index is 0.000000137. The van der Waals surface area contributed by atoms with Gasteiger partial charge in [-0.2, -0.15) is 10.4 Å². The highest BCUT2D eigenvalue weighted by Gasteiger charge is 2.17. The molecular weight excluding hydrogens is 1690 g/mol. The number of carboxylic acids is 2. The smallest absolute Gasteiger partial charge is 0.337 e. The van der Waals surface area contributed by atoms with Gasteiger partial charge in [-0.1, -0.05) is 152 Å². The molecule has 0 unspecified atom stereocenters. The zero-order valence-electron chi connectivity index (χ0n) is 75.0. The first-order valence-corrected chi connectivity index (χ1v) is 42.0. The molecule has 0 aliphatic rings. The maximum Gasteiger partial charge on any atom is 0.337 e. The van der Waals surface area contributed by atoms with Crippen LogP contribution < -0.4 is 33.4 Å². The van der Waals surface area contributed by atoms with E-state index in [4.69, 9.17) is 0 Å². The van der Waals surface area contributed by atoms with E-state index in [-0.39, 0.29) is 72.1 Å². The summed E-state index contributed by atoms with van der Waals surface area (Å²) in [5.41, 5.74) is 21.0. The van der Waals surface area contributed by atoms with Crippen LogP contribution in [-0.2, 0) is 0 Å². The second-order valence-corrected chi connectivity index (χ2v) is 31.4. The number of carboxylic acid groups (broad SMARTS) is 2. The fourth-order valence-electron chi connectivity index (χ4n) is 13.4. The van der Waals surface area contributed by atoms with Crippen LogP contribution >= 0.6 is 0 Å². The number of nitriles is 1. The maximum absolute atomic E-state index is 12.3. The molecule has 8 aromatic carbocycles. The van der Waals surface area contributed by atoms with Crippen molar-refractivity contribution in [2.45, 2.75) is 83.1 Å². The quantitative estimate of drug-likeness (QED) is 0.0469. The molecule has 10 heterocycles. The fourth-order valence-corrected chi connectivity index (χ4v) is 13.4. The van der Waals surface area contributed by atoms with Crippen molar-refractivity contribution >= 4 is 150 Å². The minimum Gasteiger partial charge on any atom is -0.478 e. The summed E-state index contributed by atoms with van der Waals surface area (Å²) in [6, 6.07) is 54.2. The van der Waals surface area contributed by atoms with Gasteiger partial charge in [0.15, 0.2) is 22.8 Å². The monoisotopic (exact) mass is 1780 g/mol. The zero-order valence-corrected chi connectivity index (χ0v) is 75.0. The van der Waals surface area contributed by atoms with E-state index in [1.165, 1.54) is 105 Å². The van der Waals surface area contributed by atoms with Crippen molar-refractivity contribution in [3.05, 3.63) is 416 Å². The summed E-state index contributed by atoms with van der Waals surface area (Å²) in [6.07, 6.45) is 29.1. The highest BCUT2D eigenvalue weighted by Crippen LogP contribution is 2.24. The number of hydrogen-bond acceptors (Lipinski definition) is 21. The topological polar surface area (TPSA) is 450 Å². The van der Waals surface area contributed by atoms with E-state index in [1.807, 2.05) is 125 Å². The molecule has 0 spiro atoms. The molecule has 134 heavy (non-hydrogen) atoms. The Kier molecular flexibility index (Phi) is 29.8. The van der Waals surface area contributed by atoms with Gasteiger partial charge in [-0.25, -0.2) is 54.4 Å². The number of nitrogens with one attached hydrogen (secondary N) is 6. The van der Waals surface area contributed by atoms with Crippen LogP contribution in [0.25, 0.3) is 138 Å². The summed E-state index contributed by atoms with van der Waals surface area (Å²) in [5, 5.41) is 38.0. The number of fused-ring (bicyclic) bond motifs is 6. The first-order valence-electron chi connectivity index (χ1n) is 42.0. The molecular formula is C105H89N19O10. The number of rotatable bonds is 14. The number of nitrogens with zero attached hydrogens (tertiary/aromatic N) is 13. The van der Waals surface area contributed by atoms with Crippen LogP contribution in [0.2, 0.25) is 0 Å². The van der Waals surface area contributed by atoms with E-state index in [9.17, 15) is 53.8 Å². The lowest BCUT2D eigenvalue weighted by Gasteiger charge is -2.05. The van der Waals surface area contributed by atoms with Crippen LogP contribution in [0.15, 0.2) is 236 Å². The van der Waals surface area contributed by atoms with Crippen LogP contribution in [-0.4, -0.2) is 112 Å². The van der Waals surface area contributed by atoms with Crippen molar-refractivity contribution < 1.29 is 19.8 Å². The van der Waals surface area contributed by atoms with E-state index >= 15 is 0 Å². The number of para-hydroxylation sites is 2. The minimum atomic E-state index is -1.18. The number of benzene rings is 8. The molecule has 29 heteroatoms. The largest absolute Gasteiger partial charge is 0.478 e. The Bertz CT molecular complexity index is 7650. The Hall–Kier alpha value is -18.1. The van der Waals surface area contributed by atoms with Gasteiger partial charge in [-0.05, 0) is 268 Å². The molecule has 0 atom stereocenters. The van der Waals surface area contributed by atoms with E-state index in [1.54, 1.807) is 85.4 Å². The number of allylic oxidation sites excluding steroid dienone is 1. The van der Waals surface area contributed by atoms with Gasteiger partial charge >= 0.3 is 11.9 Å². The molecule has 18 rings (SSSR count). The second kappa shape index (κ2) is 42.7. The van der Waals surface area contributed by atoms with Crippen LogP contribution in [0.3, 0.4) is 0 Å². The van der Waals surface area contributed by atoms with Gasteiger partial charge < -0.3 is 40.1 Å². The third-order valence-electron chi connectivity index (χ3n) is 21.8. The van der Waals surface area contributed by atoms with Gasteiger partial charge in [-0.3, -0.25) is 33.8 Å². The second-order valence-electron chi connectivity index (χ2n) is 31.4. The number of aryl methyl sites for hydroxylation is 12. The van der Waals surface area contributed by atoms with E-state index in [0.717, 1.165) is 44.5 Å². The van der Waals surface area contributed by atoms with Crippen molar-refractivity contribution in [1.82, 2.24) is 89.9 Å². The summed E-state index contributed by atoms with van der Waals surface area (Å²) in [7, 11) is 0. The molecule has 10 aromatic heterocycles. The van der Waals surface area contributed by atoms with Gasteiger partial charge in [0, 0.05) is 18.6 Å². The summed E-state index contributed by atoms with van der Waals surface area (Å²) >= 11 is 0. The van der Waals surface area contributed by atoms with Crippen molar-refractivity contribution in [3.8, 4) is 6.07 Å². The first kappa shape index (κ1) is 93.6. The summed E-state index contributed by atoms with van der Waals surface area (Å²) < 4.78 is 0. The van der Waals surface area contributed by atoms with Crippen molar-refractivity contribution in [1.29, 1.82) is 5.26 Å². The fraction of sp³-hybridized carbons (Fsp3) is 0.114. The normalized spacial score (nSPS) is 11.3. The molecule has 664 valence electrons. The van der Waals surface area contributed by atoms with Gasteiger partial charge in [0.1, 0.15) is 46.9 Å². The van der Waals surface area contributed by atoms with Gasteiger partial charge in [0.2, 0.25) is 0 Å². The molecule has 0 saturated carbocycles. The predicted octanol–water partition coefficient (Wildman–Crippen LogP) is 17.9. The third kappa shape index (κ3) is 23.8. The SMILES string of the molecule is Cc1ccc(/C=C(\C#N)c2nc3c(C(=O)O)cccc3c(=O)[nH]2)cc1C.Cc1ccc(/C=C/c2nc3c(C(=O)O)cccc3c(=O)[nH]2)cc1C.Cc1ccc(/C=C/c2nc3cnccc3c(=O)[nH]2)cc1C.Cc1ccc(/C=C/c2nc3ncccc3c(=O)[nH]2)cc1C.Cc1ccc(/C=C/c2nc3ncncc3c(=O)[nH]2)cc1C.Cc1ccc(/C=C/c2nc3nnccc3c(=O)[nH]2)cc1C. The van der Waals surface area contributed by atoms with Gasteiger partial charge in [0.05, 0.1) is 72.6 Å². The lowest BCUT2D eigenvalue weighted by molar-refractivity contribution is 0.0688. The van der Waals surface area contributed by atoms with Crippen LogP contribution in [0, 0.1) is 94.4 Å². The Morgan fingerprint density at radius 1 is 0.321 bits per heavy atom. The third-order valence-corrected chi connectivity index (χ3v) is 21.8. The average Bonchev–Trinajstić information content (AvgIpc) is 0.804. The molecule has 0 amide bonds. The molecule has 29 nitrogen and oxygen atoms in total. The highest BCUT2D eigenvalue weighted by molar-refractivity contribution is 6.03. The number of H-pyrrole nitrogens is 6. The summed E-state index contributed by atoms with van der Waals surface area (Å²) in [6.45, 7) is 24.6. The van der Waals surface area contributed by atoms with Crippen molar-refractivity contribution in [2.24, 2.45) is 0 Å². The number of aromatic nitrogens is 18. The highest BCUT2D eigenvalue weighted by atomic mass is 16.4. The lowest BCUT2D eigenvalue weighted by atomic mass is 10.0. The molecule has 0 fully saturated rings. The molecule has 0 radical (unpaired) electrons. The first-order chi connectivity index (χ1) is 64.4. The maximum atomic E-state index is 12.3. The van der Waals surface area contributed by atoms with E-state index in [0.29, 0.717) is 73.1 Å². The van der Waals surface area contributed by atoms with Crippen LogP contribution in [0.1, 0.15) is 156 Å². The molecule has 0 bridgehead atoms. The number of pyridine rings is 2. The summed E-state index contributed by atoms with van der Waals surface area (Å²) in [4.78, 5) is 153. The van der Waals surface area contributed by atoms with E-state index < -0.39 is 17.5 Å². The molecule has 0 aliphatic heterocycles. The zero-order chi connectivity index (χ0) is 95.4. The van der Waals surface area contributed by atoms with Crippen LogP contribution in [0.5, 0.6) is 0 Å². The molecule has 8 N–H and O–H groups in total. The molecule has 0 aliphatic carbocycles. The number of aromatic carboxylic acids is 2. The predicted molar refractivity (Wildman–Crippen MR) is 528 cm³/mol. The molecule has 0 saturated heterocycles. The number of carbonyl (C=O) groups is 2. The molecule has 18 aromatic rings. The Morgan fingerprint density at radius 3 is 1.12 bits per heavy atom. The lowest BCUT2D eigenvalue weighted by Crippen LogP contribution is -2.13. The Labute approximate surface area is 765 Å². The van der Waals surface area contributed by atoms with Gasteiger partial charge in [-0.15, -0.1) is 5.10 Å². The number of hydrogen-bond donors (Lipinski definition) is 8. The Morgan fingerprint density at radius 2 is 0.679 bits per heavy atom. The number of aromatic amines is 6. The van der Waals surface area contributed by atoms with Crippen LogP contribution in [0.4, 0.5) is 0 Å².